The molecule has 22 heavy (non-hydrogen) atoms. The zero-order valence-corrected chi connectivity index (χ0v) is 13.0. The number of hydroxylamine groups is 2. The molecule has 0 amide bonds. The second-order valence-electron chi connectivity index (χ2n) is 5.03. The van der Waals surface area contributed by atoms with E-state index in [4.69, 9.17) is 14.3 Å². The van der Waals surface area contributed by atoms with Crippen molar-refractivity contribution in [3.63, 3.8) is 0 Å². The monoisotopic (exact) mass is 306 g/mol. The summed E-state index contributed by atoms with van der Waals surface area (Å²) in [4.78, 5) is 21.4. The van der Waals surface area contributed by atoms with Gasteiger partial charge in [0.25, 0.3) is 0 Å². The molecule has 6 heteroatoms. The number of allylic oxidation sites excluding steroid dienone is 1. The summed E-state index contributed by atoms with van der Waals surface area (Å²) in [5.74, 6) is -0.139. The van der Waals surface area contributed by atoms with Crippen LogP contribution in [-0.2, 0) is 14.3 Å². The SMILES string of the molecule is CON(C)/C(=C/C(=O)c1cccnc1)COC1CCCCO1. The molecule has 120 valence electrons. The number of hydrogen-bond donors (Lipinski definition) is 0. The average Bonchev–Trinajstić information content (AvgIpc) is 2.59. The molecule has 2 rings (SSSR count). The van der Waals surface area contributed by atoms with Gasteiger partial charge < -0.3 is 9.47 Å². The highest BCUT2D eigenvalue weighted by Gasteiger charge is 2.16. The van der Waals surface area contributed by atoms with Gasteiger partial charge >= 0.3 is 0 Å². The van der Waals surface area contributed by atoms with Gasteiger partial charge in [0.15, 0.2) is 12.1 Å². The minimum atomic E-state index is -0.212. The van der Waals surface area contributed by atoms with Crippen LogP contribution in [-0.4, -0.2) is 49.5 Å². The lowest BCUT2D eigenvalue weighted by Crippen LogP contribution is -2.27. The summed E-state index contributed by atoms with van der Waals surface area (Å²) in [7, 11) is 3.27. The van der Waals surface area contributed by atoms with Gasteiger partial charge in [-0.05, 0) is 31.4 Å². The Hall–Kier alpha value is -1.76. The number of hydrogen-bond acceptors (Lipinski definition) is 6. The number of pyridine rings is 1. The summed E-state index contributed by atoms with van der Waals surface area (Å²) >= 11 is 0. The lowest BCUT2D eigenvalue weighted by atomic mass is 10.1. The van der Waals surface area contributed by atoms with Crippen LogP contribution in [0, 0.1) is 0 Å². The molecule has 0 N–H and O–H groups in total. The molecule has 1 aromatic heterocycles. The molecule has 0 saturated carbocycles. The van der Waals surface area contributed by atoms with Crippen LogP contribution in [0.2, 0.25) is 0 Å². The van der Waals surface area contributed by atoms with Crippen molar-refractivity contribution in [1.29, 1.82) is 0 Å². The molecule has 1 atom stereocenters. The summed E-state index contributed by atoms with van der Waals surface area (Å²) in [6.07, 6.45) is 7.50. The largest absolute Gasteiger partial charge is 0.353 e. The molecule has 1 aromatic rings. The van der Waals surface area contributed by atoms with Gasteiger partial charge in [0.2, 0.25) is 0 Å². The quantitative estimate of drug-likeness (QED) is 0.437. The minimum Gasteiger partial charge on any atom is -0.353 e. The highest BCUT2D eigenvalue weighted by Crippen LogP contribution is 2.15. The normalized spacial score (nSPS) is 19.0. The highest BCUT2D eigenvalue weighted by molar-refractivity contribution is 6.04. The molecule has 0 spiro atoms. The smallest absolute Gasteiger partial charge is 0.189 e. The maximum Gasteiger partial charge on any atom is 0.189 e. The predicted octanol–water partition coefficient (Wildman–Crippen LogP) is 2.18. The van der Waals surface area contributed by atoms with Gasteiger partial charge in [-0.3, -0.25) is 19.7 Å². The van der Waals surface area contributed by atoms with Gasteiger partial charge in [-0.15, -0.1) is 0 Å². The van der Waals surface area contributed by atoms with Crippen LogP contribution in [0.1, 0.15) is 29.6 Å². The second-order valence-corrected chi connectivity index (χ2v) is 5.03. The van der Waals surface area contributed by atoms with E-state index in [-0.39, 0.29) is 18.7 Å². The lowest BCUT2D eigenvalue weighted by Gasteiger charge is -2.25. The van der Waals surface area contributed by atoms with Crippen LogP contribution in [0.25, 0.3) is 0 Å². The molecule has 0 bridgehead atoms. The van der Waals surface area contributed by atoms with Gasteiger partial charge in [-0.25, -0.2) is 0 Å². The van der Waals surface area contributed by atoms with Crippen LogP contribution < -0.4 is 0 Å². The molecule has 6 nitrogen and oxygen atoms in total. The van der Waals surface area contributed by atoms with E-state index in [0.717, 1.165) is 25.9 Å². The number of ketones is 1. The summed E-state index contributed by atoms with van der Waals surface area (Å²) in [6, 6.07) is 3.45. The zero-order chi connectivity index (χ0) is 15.8. The molecule has 0 radical (unpaired) electrons. The minimum absolute atomic E-state index is 0.139. The number of likely N-dealkylation sites (N-methyl/N-ethyl adjacent to an activating group) is 1. The molecule has 2 heterocycles. The van der Waals surface area contributed by atoms with Gasteiger partial charge in [-0.1, -0.05) is 0 Å². The van der Waals surface area contributed by atoms with Crippen LogP contribution in [0.5, 0.6) is 0 Å². The lowest BCUT2D eigenvalue weighted by molar-refractivity contribution is -0.168. The van der Waals surface area contributed by atoms with E-state index in [1.807, 2.05) is 0 Å². The van der Waals surface area contributed by atoms with E-state index in [0.29, 0.717) is 11.3 Å². The first-order valence-electron chi connectivity index (χ1n) is 7.36. The molecular formula is C16H22N2O4. The first kappa shape index (κ1) is 16.6. The van der Waals surface area contributed by atoms with Gasteiger partial charge in [0.1, 0.15) is 0 Å². The number of nitrogens with zero attached hydrogens (tertiary/aromatic N) is 2. The van der Waals surface area contributed by atoms with Crippen LogP contribution in [0.4, 0.5) is 0 Å². The molecule has 0 aromatic carbocycles. The topological polar surface area (TPSA) is 60.9 Å². The fraction of sp³-hybridized carbons (Fsp3) is 0.500. The van der Waals surface area contributed by atoms with Crippen molar-refractivity contribution >= 4 is 5.78 Å². The third-order valence-electron chi connectivity index (χ3n) is 3.48. The summed E-state index contributed by atoms with van der Waals surface area (Å²) in [6.45, 7) is 0.972. The van der Waals surface area contributed by atoms with Crippen LogP contribution in [0.15, 0.2) is 36.3 Å². The Bertz CT molecular complexity index is 498. The maximum atomic E-state index is 12.2. The molecule has 1 saturated heterocycles. The fourth-order valence-electron chi connectivity index (χ4n) is 2.10. The van der Waals surface area contributed by atoms with E-state index in [1.165, 1.54) is 17.3 Å². The zero-order valence-electron chi connectivity index (χ0n) is 13.0. The van der Waals surface area contributed by atoms with Crippen molar-refractivity contribution in [3.05, 3.63) is 41.9 Å². The summed E-state index contributed by atoms with van der Waals surface area (Å²) in [5.41, 5.74) is 1.16. The number of carbonyl (C=O) groups excluding carboxylic acids is 1. The fourth-order valence-corrected chi connectivity index (χ4v) is 2.10. The summed E-state index contributed by atoms with van der Waals surface area (Å²) in [5, 5.41) is 1.51. The number of ether oxygens (including phenoxy) is 2. The number of rotatable bonds is 7. The van der Waals surface area contributed by atoms with Crippen molar-refractivity contribution in [2.75, 3.05) is 27.4 Å². The molecule has 1 aliphatic heterocycles. The Morgan fingerprint density at radius 3 is 3.05 bits per heavy atom. The Labute approximate surface area is 130 Å². The van der Waals surface area contributed by atoms with Gasteiger partial charge in [-0.2, -0.15) is 0 Å². The van der Waals surface area contributed by atoms with E-state index in [1.54, 1.807) is 32.5 Å². The van der Waals surface area contributed by atoms with Gasteiger partial charge in [0.05, 0.1) is 19.4 Å². The Balaban J connectivity index is 2.01. The highest BCUT2D eigenvalue weighted by atomic mass is 16.7. The Kier molecular flexibility index (Phi) is 6.51. The van der Waals surface area contributed by atoms with Gasteiger partial charge in [0, 0.05) is 37.7 Å². The first-order valence-corrected chi connectivity index (χ1v) is 7.36. The molecular weight excluding hydrogens is 284 g/mol. The van der Waals surface area contributed by atoms with Crippen molar-refractivity contribution < 1.29 is 19.1 Å². The standard InChI is InChI=1S/C16H22N2O4/c1-18(20-2)14(12-22-16-7-3-4-9-21-16)10-15(19)13-6-5-8-17-11-13/h5-6,8,10-11,16H,3-4,7,9,12H2,1-2H3/b14-10+. The predicted molar refractivity (Wildman–Crippen MR) is 81.0 cm³/mol. The first-order chi connectivity index (χ1) is 10.7. The van der Waals surface area contributed by atoms with Crippen molar-refractivity contribution in [2.45, 2.75) is 25.6 Å². The van der Waals surface area contributed by atoms with Crippen molar-refractivity contribution in [2.24, 2.45) is 0 Å². The van der Waals surface area contributed by atoms with Crippen LogP contribution >= 0.6 is 0 Å². The molecule has 1 fully saturated rings. The van der Waals surface area contributed by atoms with E-state index in [2.05, 4.69) is 4.98 Å². The van der Waals surface area contributed by atoms with E-state index >= 15 is 0 Å². The van der Waals surface area contributed by atoms with E-state index < -0.39 is 0 Å². The third kappa shape index (κ3) is 4.91. The van der Waals surface area contributed by atoms with Crippen LogP contribution in [0.3, 0.4) is 0 Å². The van der Waals surface area contributed by atoms with Crippen molar-refractivity contribution in [3.8, 4) is 0 Å². The van der Waals surface area contributed by atoms with E-state index in [9.17, 15) is 4.79 Å². The van der Waals surface area contributed by atoms with Crippen molar-refractivity contribution in [1.82, 2.24) is 10.0 Å². The molecule has 0 aliphatic carbocycles. The second kappa shape index (κ2) is 8.63. The summed E-state index contributed by atoms with van der Waals surface area (Å²) < 4.78 is 11.3. The Morgan fingerprint density at radius 1 is 1.55 bits per heavy atom. The third-order valence-corrected chi connectivity index (χ3v) is 3.48. The number of aromatic nitrogens is 1. The maximum absolute atomic E-state index is 12.2. The number of carbonyl (C=O) groups is 1. The molecule has 1 aliphatic rings. The Morgan fingerprint density at radius 2 is 2.41 bits per heavy atom. The average molecular weight is 306 g/mol. The molecule has 1 unspecified atom stereocenters.